The van der Waals surface area contributed by atoms with Crippen molar-refractivity contribution in [3.63, 3.8) is 0 Å². The van der Waals surface area contributed by atoms with Crippen LogP contribution in [0.15, 0.2) is 18.3 Å². The van der Waals surface area contributed by atoms with E-state index in [1.807, 2.05) is 13.8 Å². The van der Waals surface area contributed by atoms with Gasteiger partial charge >= 0.3 is 12.3 Å². The van der Waals surface area contributed by atoms with E-state index in [0.29, 0.717) is 10.5 Å². The smallest absolute Gasteiger partial charge is 0.416 e. The highest BCUT2D eigenvalue weighted by Gasteiger charge is 2.36. The summed E-state index contributed by atoms with van der Waals surface area (Å²) in [5, 5.41) is 0. The van der Waals surface area contributed by atoms with Crippen molar-refractivity contribution in [1.82, 2.24) is 4.98 Å². The van der Waals surface area contributed by atoms with Crippen LogP contribution in [0.2, 0.25) is 0 Å². The summed E-state index contributed by atoms with van der Waals surface area (Å²) in [7, 11) is 0. The monoisotopic (exact) mass is 320 g/mol. The SMILES string of the molecule is CC.Cc1ccnc(N(CC(F)(F)F)C(=O)OC(C)(C)C)c1. The third-order valence-corrected chi connectivity index (χ3v) is 2.13. The Balaban J connectivity index is 0.00000211. The van der Waals surface area contributed by atoms with Crippen molar-refractivity contribution < 1.29 is 22.7 Å². The summed E-state index contributed by atoms with van der Waals surface area (Å²) in [5.41, 5.74) is -0.184. The number of hydrogen-bond acceptors (Lipinski definition) is 3. The Labute approximate surface area is 129 Å². The zero-order chi connectivity index (χ0) is 17.6. The predicted octanol–water partition coefficient (Wildman–Crippen LogP) is 4.72. The second-order valence-electron chi connectivity index (χ2n) is 5.37. The van der Waals surface area contributed by atoms with E-state index in [2.05, 4.69) is 4.98 Å². The zero-order valence-corrected chi connectivity index (χ0v) is 13.8. The van der Waals surface area contributed by atoms with Crippen LogP contribution in [0.5, 0.6) is 0 Å². The minimum Gasteiger partial charge on any atom is -0.443 e. The van der Waals surface area contributed by atoms with Gasteiger partial charge in [0.05, 0.1) is 0 Å². The number of anilines is 1. The molecule has 0 saturated carbocycles. The fourth-order valence-electron chi connectivity index (χ4n) is 1.40. The van der Waals surface area contributed by atoms with Gasteiger partial charge in [-0.25, -0.2) is 9.78 Å². The third-order valence-electron chi connectivity index (χ3n) is 2.13. The summed E-state index contributed by atoms with van der Waals surface area (Å²) in [4.78, 5) is 16.2. The van der Waals surface area contributed by atoms with Gasteiger partial charge in [0.1, 0.15) is 18.0 Å². The van der Waals surface area contributed by atoms with Crippen molar-refractivity contribution in [1.29, 1.82) is 0 Å². The highest BCUT2D eigenvalue weighted by molar-refractivity contribution is 5.86. The maximum atomic E-state index is 12.6. The molecule has 0 atom stereocenters. The number of aryl methyl sites for hydroxylation is 1. The zero-order valence-electron chi connectivity index (χ0n) is 13.8. The number of alkyl halides is 3. The van der Waals surface area contributed by atoms with Crippen LogP contribution in [0.25, 0.3) is 0 Å². The lowest BCUT2D eigenvalue weighted by Gasteiger charge is -2.27. The number of ether oxygens (including phenoxy) is 1. The molecule has 1 amide bonds. The molecule has 0 N–H and O–H groups in total. The van der Waals surface area contributed by atoms with Gasteiger partial charge in [0, 0.05) is 6.20 Å². The quantitative estimate of drug-likeness (QED) is 0.792. The Morgan fingerprint density at radius 1 is 1.27 bits per heavy atom. The first-order valence-corrected chi connectivity index (χ1v) is 6.98. The standard InChI is InChI=1S/C13H17F3N2O2.C2H6/c1-9-5-6-17-10(7-9)18(8-13(14,15)16)11(19)20-12(2,3)4;1-2/h5-7H,8H2,1-4H3;1-2H3. The summed E-state index contributed by atoms with van der Waals surface area (Å²) in [5.74, 6) is -0.0865. The molecule has 0 aliphatic heterocycles. The fraction of sp³-hybridized carbons (Fsp3) is 0.600. The van der Waals surface area contributed by atoms with Crippen LogP contribution in [-0.2, 0) is 4.74 Å². The molecule has 1 rings (SSSR count). The van der Waals surface area contributed by atoms with Crippen LogP contribution in [0.1, 0.15) is 40.2 Å². The number of amides is 1. The van der Waals surface area contributed by atoms with E-state index in [4.69, 9.17) is 4.74 Å². The fourth-order valence-corrected chi connectivity index (χ4v) is 1.40. The molecule has 22 heavy (non-hydrogen) atoms. The van der Waals surface area contributed by atoms with Crippen LogP contribution in [0, 0.1) is 6.92 Å². The number of hydrogen-bond donors (Lipinski definition) is 0. The first kappa shape index (κ1) is 20.2. The summed E-state index contributed by atoms with van der Waals surface area (Å²) in [6, 6.07) is 3.03. The van der Waals surface area contributed by atoms with Gasteiger partial charge in [-0.1, -0.05) is 13.8 Å². The van der Waals surface area contributed by atoms with Gasteiger partial charge in [-0.2, -0.15) is 13.2 Å². The summed E-state index contributed by atoms with van der Waals surface area (Å²) >= 11 is 0. The Kier molecular flexibility index (Phi) is 7.35. The molecule has 0 aliphatic carbocycles. The molecule has 0 fully saturated rings. The number of carbonyl (C=O) groups excluding carboxylic acids is 1. The van der Waals surface area contributed by atoms with Gasteiger partial charge in [0.25, 0.3) is 0 Å². The first-order valence-electron chi connectivity index (χ1n) is 6.98. The number of carbonyl (C=O) groups is 1. The van der Waals surface area contributed by atoms with Crippen molar-refractivity contribution in [2.24, 2.45) is 0 Å². The molecule has 1 heterocycles. The molecule has 0 aromatic carbocycles. The lowest BCUT2D eigenvalue weighted by atomic mass is 10.2. The number of pyridine rings is 1. The number of aromatic nitrogens is 1. The normalized spacial score (nSPS) is 11.3. The van der Waals surface area contributed by atoms with E-state index < -0.39 is 24.4 Å². The van der Waals surface area contributed by atoms with E-state index in [-0.39, 0.29) is 5.82 Å². The molecule has 4 nitrogen and oxygen atoms in total. The highest BCUT2D eigenvalue weighted by Crippen LogP contribution is 2.23. The Morgan fingerprint density at radius 2 is 1.82 bits per heavy atom. The summed E-state index contributed by atoms with van der Waals surface area (Å²) in [6.45, 7) is 9.01. The highest BCUT2D eigenvalue weighted by atomic mass is 19.4. The van der Waals surface area contributed by atoms with Crippen LogP contribution >= 0.6 is 0 Å². The molecule has 7 heteroatoms. The predicted molar refractivity (Wildman–Crippen MR) is 80.0 cm³/mol. The Morgan fingerprint density at radius 3 is 2.23 bits per heavy atom. The van der Waals surface area contributed by atoms with Crippen molar-refractivity contribution in [2.45, 2.75) is 53.3 Å². The maximum Gasteiger partial charge on any atom is 0.416 e. The van der Waals surface area contributed by atoms with Gasteiger partial charge in [-0.15, -0.1) is 0 Å². The van der Waals surface area contributed by atoms with E-state index in [1.54, 1.807) is 33.8 Å². The van der Waals surface area contributed by atoms with E-state index in [1.165, 1.54) is 12.3 Å². The largest absolute Gasteiger partial charge is 0.443 e. The topological polar surface area (TPSA) is 42.4 Å². The summed E-state index contributed by atoms with van der Waals surface area (Å²) < 4.78 is 42.8. The van der Waals surface area contributed by atoms with Crippen molar-refractivity contribution in [2.75, 3.05) is 11.4 Å². The van der Waals surface area contributed by atoms with Gasteiger partial charge in [0.15, 0.2) is 0 Å². The second-order valence-corrected chi connectivity index (χ2v) is 5.37. The number of nitrogens with zero attached hydrogens (tertiary/aromatic N) is 2. The molecule has 0 unspecified atom stereocenters. The lowest BCUT2D eigenvalue weighted by molar-refractivity contribution is -0.119. The minimum absolute atomic E-state index is 0.0865. The lowest BCUT2D eigenvalue weighted by Crippen LogP contribution is -2.42. The molecular weight excluding hydrogens is 297 g/mol. The van der Waals surface area contributed by atoms with Gasteiger partial charge in [0.2, 0.25) is 0 Å². The molecular formula is C15H23F3N2O2. The van der Waals surface area contributed by atoms with E-state index in [0.717, 1.165) is 0 Å². The molecule has 1 aromatic heterocycles. The molecule has 1 aromatic rings. The molecule has 0 radical (unpaired) electrons. The Bertz CT molecular complexity index is 482. The minimum atomic E-state index is -4.54. The average Bonchev–Trinajstić information content (AvgIpc) is 2.35. The number of halogens is 3. The maximum absolute atomic E-state index is 12.6. The molecule has 0 bridgehead atoms. The summed E-state index contributed by atoms with van der Waals surface area (Å²) in [6.07, 6.45) is -4.27. The van der Waals surface area contributed by atoms with Crippen LogP contribution in [0.3, 0.4) is 0 Å². The van der Waals surface area contributed by atoms with Crippen molar-refractivity contribution in [3.8, 4) is 0 Å². The van der Waals surface area contributed by atoms with Gasteiger partial charge in [-0.3, -0.25) is 4.90 Å². The van der Waals surface area contributed by atoms with Gasteiger partial charge in [-0.05, 0) is 45.4 Å². The number of rotatable bonds is 2. The van der Waals surface area contributed by atoms with E-state index >= 15 is 0 Å². The molecule has 126 valence electrons. The van der Waals surface area contributed by atoms with Crippen molar-refractivity contribution in [3.05, 3.63) is 23.9 Å². The van der Waals surface area contributed by atoms with Crippen LogP contribution in [0.4, 0.5) is 23.8 Å². The average molecular weight is 320 g/mol. The third kappa shape index (κ3) is 7.85. The van der Waals surface area contributed by atoms with Crippen LogP contribution in [-0.4, -0.2) is 29.4 Å². The molecule has 0 aliphatic rings. The molecule has 0 saturated heterocycles. The van der Waals surface area contributed by atoms with Crippen LogP contribution < -0.4 is 4.90 Å². The first-order chi connectivity index (χ1) is 9.98. The van der Waals surface area contributed by atoms with Crippen molar-refractivity contribution >= 4 is 11.9 Å². The molecule has 0 spiro atoms. The van der Waals surface area contributed by atoms with E-state index in [9.17, 15) is 18.0 Å². The van der Waals surface area contributed by atoms with Gasteiger partial charge < -0.3 is 4.74 Å². The Hall–Kier alpha value is -1.79. The second kappa shape index (κ2) is 8.00.